The van der Waals surface area contributed by atoms with Gasteiger partial charge in [-0.2, -0.15) is 4.98 Å². The van der Waals surface area contributed by atoms with Gasteiger partial charge in [-0.15, -0.1) is 0 Å². The topological polar surface area (TPSA) is 108 Å². The van der Waals surface area contributed by atoms with Gasteiger partial charge in [-0.25, -0.2) is 4.98 Å². The predicted octanol–water partition coefficient (Wildman–Crippen LogP) is 1.50. The van der Waals surface area contributed by atoms with E-state index in [0.29, 0.717) is 19.1 Å². The largest absolute Gasteiger partial charge is 0.368 e. The number of benzene rings is 1. The van der Waals surface area contributed by atoms with Crippen molar-refractivity contribution in [3.05, 3.63) is 42.1 Å². The van der Waals surface area contributed by atoms with Crippen LogP contribution in [0.4, 0.5) is 17.5 Å². The van der Waals surface area contributed by atoms with Gasteiger partial charge in [0.2, 0.25) is 11.9 Å². The Balaban J connectivity index is 1.38. The summed E-state index contributed by atoms with van der Waals surface area (Å²) < 4.78 is 0. The molecule has 0 saturated carbocycles. The van der Waals surface area contributed by atoms with Crippen LogP contribution in [0.5, 0.6) is 0 Å². The Morgan fingerprint density at radius 1 is 1.03 bits per heavy atom. The summed E-state index contributed by atoms with van der Waals surface area (Å²) in [4.78, 5) is 42.8. The van der Waals surface area contributed by atoms with Gasteiger partial charge >= 0.3 is 0 Å². The lowest BCUT2D eigenvalue weighted by Crippen LogP contribution is -2.56. The Labute approximate surface area is 199 Å². The molecular formula is C25H31N7O2. The minimum atomic E-state index is -0.878. The van der Waals surface area contributed by atoms with Crippen molar-refractivity contribution in [3.8, 4) is 0 Å². The minimum Gasteiger partial charge on any atom is -0.368 e. The van der Waals surface area contributed by atoms with Crippen molar-refractivity contribution in [2.75, 3.05) is 48.3 Å². The molecule has 4 aliphatic heterocycles. The number of carbonyl (C=O) groups is 2. The summed E-state index contributed by atoms with van der Waals surface area (Å²) >= 11 is 0. The Hall–Kier alpha value is -3.20. The van der Waals surface area contributed by atoms with E-state index in [4.69, 9.17) is 5.73 Å². The number of aromatic nitrogens is 2. The molecule has 9 nitrogen and oxygen atoms in total. The van der Waals surface area contributed by atoms with Crippen molar-refractivity contribution in [2.45, 2.75) is 43.7 Å². The van der Waals surface area contributed by atoms with Gasteiger partial charge in [0.25, 0.3) is 5.91 Å². The number of nitrogen functional groups attached to an aromatic ring is 1. The SMILES string of the molecule is Nc1nccc(N2CCCNC(=O)[C@H]3C[C@@H]4CCCN4[C@@]34C(=O)N(CCC2)c2ccccc24)n1. The highest BCUT2D eigenvalue weighted by Crippen LogP contribution is 2.57. The Morgan fingerprint density at radius 3 is 2.76 bits per heavy atom. The van der Waals surface area contributed by atoms with Crippen LogP contribution in [0, 0.1) is 5.92 Å². The molecule has 178 valence electrons. The summed E-state index contributed by atoms with van der Waals surface area (Å²) in [6.45, 7) is 3.50. The quantitative estimate of drug-likeness (QED) is 0.663. The number of anilines is 3. The number of carbonyl (C=O) groups excluding carboxylic acids is 2. The molecule has 2 amide bonds. The zero-order valence-electron chi connectivity index (χ0n) is 19.3. The van der Waals surface area contributed by atoms with Gasteiger partial charge in [-0.1, -0.05) is 18.2 Å². The van der Waals surface area contributed by atoms with E-state index in [1.165, 1.54) is 0 Å². The molecule has 6 rings (SSSR count). The number of nitrogens with two attached hydrogens (primary N) is 1. The number of hydrogen-bond acceptors (Lipinski definition) is 7. The van der Waals surface area contributed by atoms with E-state index in [0.717, 1.165) is 68.8 Å². The molecule has 0 radical (unpaired) electrons. The summed E-state index contributed by atoms with van der Waals surface area (Å²) in [6, 6.07) is 10.2. The van der Waals surface area contributed by atoms with E-state index in [2.05, 4.69) is 31.2 Å². The second-order valence-corrected chi connectivity index (χ2v) is 9.78. The highest BCUT2D eigenvalue weighted by atomic mass is 16.2. The second-order valence-electron chi connectivity index (χ2n) is 9.78. The maximum Gasteiger partial charge on any atom is 0.253 e. The molecule has 1 aromatic carbocycles. The number of para-hydroxylation sites is 1. The molecular weight excluding hydrogens is 430 g/mol. The van der Waals surface area contributed by atoms with Crippen molar-refractivity contribution in [1.29, 1.82) is 0 Å². The van der Waals surface area contributed by atoms with Crippen molar-refractivity contribution >= 4 is 29.3 Å². The van der Waals surface area contributed by atoms with Crippen LogP contribution in [-0.2, 0) is 15.1 Å². The van der Waals surface area contributed by atoms with Crippen LogP contribution in [0.25, 0.3) is 0 Å². The molecule has 1 spiro atoms. The number of amides is 2. The van der Waals surface area contributed by atoms with Gasteiger partial charge < -0.3 is 20.9 Å². The van der Waals surface area contributed by atoms with Crippen molar-refractivity contribution in [3.63, 3.8) is 0 Å². The van der Waals surface area contributed by atoms with Gasteiger partial charge in [0, 0.05) is 49.7 Å². The molecule has 0 unspecified atom stereocenters. The first-order valence-corrected chi connectivity index (χ1v) is 12.4. The average Bonchev–Trinajstić information content (AvgIpc) is 3.49. The number of rotatable bonds is 1. The molecule has 0 aliphatic carbocycles. The van der Waals surface area contributed by atoms with E-state index in [1.807, 2.05) is 29.2 Å². The normalized spacial score (nSPS) is 29.5. The first-order chi connectivity index (χ1) is 16.6. The molecule has 3 atom stereocenters. The van der Waals surface area contributed by atoms with Gasteiger partial charge in [0.05, 0.1) is 5.92 Å². The number of nitrogens with one attached hydrogen (secondary N) is 1. The van der Waals surface area contributed by atoms with Crippen LogP contribution < -0.4 is 20.9 Å². The molecule has 3 fully saturated rings. The van der Waals surface area contributed by atoms with Gasteiger partial charge in [0.15, 0.2) is 0 Å². The lowest BCUT2D eigenvalue weighted by Gasteiger charge is -2.37. The van der Waals surface area contributed by atoms with E-state index < -0.39 is 5.54 Å². The first-order valence-electron chi connectivity index (χ1n) is 12.4. The average molecular weight is 462 g/mol. The van der Waals surface area contributed by atoms with E-state index in [-0.39, 0.29) is 23.7 Å². The van der Waals surface area contributed by atoms with Crippen molar-refractivity contribution < 1.29 is 9.59 Å². The fourth-order valence-corrected chi connectivity index (χ4v) is 6.69. The molecule has 9 heteroatoms. The minimum absolute atomic E-state index is 0.00326. The number of hydrogen-bond donors (Lipinski definition) is 2. The van der Waals surface area contributed by atoms with Gasteiger partial charge in [-0.05, 0) is 50.8 Å². The summed E-state index contributed by atoms with van der Waals surface area (Å²) in [5, 5.41) is 3.17. The highest BCUT2D eigenvalue weighted by Gasteiger charge is 2.66. The number of fused-ring (bicyclic) bond motifs is 4. The summed E-state index contributed by atoms with van der Waals surface area (Å²) in [7, 11) is 0. The van der Waals surface area contributed by atoms with Crippen LogP contribution in [0.1, 0.15) is 37.7 Å². The van der Waals surface area contributed by atoms with E-state index in [1.54, 1.807) is 6.20 Å². The molecule has 3 saturated heterocycles. The summed E-state index contributed by atoms with van der Waals surface area (Å²) in [6.07, 6.45) is 6.11. The zero-order valence-corrected chi connectivity index (χ0v) is 19.3. The predicted molar refractivity (Wildman–Crippen MR) is 129 cm³/mol. The lowest BCUT2D eigenvalue weighted by atomic mass is 9.78. The van der Waals surface area contributed by atoms with Gasteiger partial charge in [-0.3, -0.25) is 14.5 Å². The Kier molecular flexibility index (Phi) is 5.17. The third-order valence-electron chi connectivity index (χ3n) is 8.03. The zero-order chi connectivity index (χ0) is 23.3. The fourth-order valence-electron chi connectivity index (χ4n) is 6.69. The highest BCUT2D eigenvalue weighted by molar-refractivity contribution is 6.10. The van der Waals surface area contributed by atoms with E-state index >= 15 is 0 Å². The van der Waals surface area contributed by atoms with Crippen LogP contribution in [0.3, 0.4) is 0 Å². The molecule has 5 heterocycles. The monoisotopic (exact) mass is 461 g/mol. The summed E-state index contributed by atoms with van der Waals surface area (Å²) in [5.41, 5.74) is 6.90. The summed E-state index contributed by atoms with van der Waals surface area (Å²) in [5.74, 6) is 0.712. The molecule has 34 heavy (non-hydrogen) atoms. The lowest BCUT2D eigenvalue weighted by molar-refractivity contribution is -0.138. The molecule has 1 aromatic heterocycles. The number of nitrogens with zero attached hydrogens (tertiary/aromatic N) is 5. The molecule has 2 aromatic rings. The smallest absolute Gasteiger partial charge is 0.253 e. The Bertz CT molecular complexity index is 1120. The first kappa shape index (κ1) is 21.3. The third kappa shape index (κ3) is 3.10. The standard InChI is InChI=1S/C25H31N7O2/c26-24-28-11-9-21(29-24)30-12-4-10-27-22(33)19-16-17-6-3-15-32(17)25(19)18-7-1-2-8-20(18)31(23(25)34)14-5-13-30/h1-2,7-9,11,17,19H,3-6,10,12-16H2,(H,27,33)(H2,26,28,29)/t17-,19+,25+/m0/s1. The maximum absolute atomic E-state index is 14.3. The van der Waals surface area contributed by atoms with Crippen molar-refractivity contribution in [1.82, 2.24) is 20.2 Å². The Morgan fingerprint density at radius 2 is 1.88 bits per heavy atom. The van der Waals surface area contributed by atoms with Crippen molar-refractivity contribution in [2.24, 2.45) is 5.92 Å². The molecule has 3 N–H and O–H groups in total. The van der Waals surface area contributed by atoms with Crippen LogP contribution >= 0.6 is 0 Å². The fraction of sp³-hybridized carbons (Fsp3) is 0.520. The third-order valence-corrected chi connectivity index (χ3v) is 8.03. The second kappa shape index (κ2) is 8.23. The van der Waals surface area contributed by atoms with Crippen LogP contribution in [-0.4, -0.2) is 65.4 Å². The van der Waals surface area contributed by atoms with E-state index in [9.17, 15) is 9.59 Å². The molecule has 4 aliphatic rings. The van der Waals surface area contributed by atoms with Crippen LogP contribution in [0.2, 0.25) is 0 Å². The van der Waals surface area contributed by atoms with Crippen LogP contribution in [0.15, 0.2) is 36.5 Å². The van der Waals surface area contributed by atoms with Gasteiger partial charge in [0.1, 0.15) is 11.4 Å². The molecule has 2 bridgehead atoms. The maximum atomic E-state index is 14.3.